The van der Waals surface area contributed by atoms with Crippen molar-refractivity contribution < 1.29 is 55.2 Å². The summed E-state index contributed by atoms with van der Waals surface area (Å²) < 4.78 is 98.7. The maximum Gasteiger partial charge on any atom is 0.416 e. The second kappa shape index (κ2) is 15.0. The lowest BCUT2D eigenvalue weighted by molar-refractivity contribution is -0.149. The number of nitrogens with zero attached hydrogens (tertiary/aromatic N) is 4. The molecule has 0 radical (unpaired) electrons. The Balaban J connectivity index is 1.52. The fraction of sp³-hybridized carbons (Fsp3) is 0.486. The summed E-state index contributed by atoms with van der Waals surface area (Å²) in [6, 6.07) is 5.54. The lowest BCUT2D eigenvalue weighted by atomic mass is 9.90. The number of rotatable bonds is 10. The molecule has 1 fully saturated rings. The number of carbonyl (C=O) groups is 2. The van der Waals surface area contributed by atoms with E-state index in [0.717, 1.165) is 0 Å². The van der Waals surface area contributed by atoms with Crippen LogP contribution in [-0.4, -0.2) is 73.2 Å². The third-order valence-corrected chi connectivity index (χ3v) is 9.07. The standard InChI is InChI=1S/C35H39F6N5O6/c1-5-23-16-26(25-17-24(50-4)6-7-28(25)46(23)32(49)52-19-33(2,3)30(47)48)43-31-42-18-29(45-8-10-51-11-9-45)27(44-31)14-20-12-21(34(36,37)38)15-22(13-20)35(39,40)41/h6-7,12-13,15,17-18,23,26H,5,8-11,14,16,19H2,1-4H3,(H,47,48)(H,42,43,44)/t23-,26+/m1/s1. The SMILES string of the molecule is CC[C@@H]1C[C@H](Nc2ncc(N3CCOCC3)c(Cc3cc(C(F)(F)F)cc(C(F)(F)F)c3)n2)c2cc(OC)ccc2N1C(=O)OCC(C)(C)C(=O)O. The number of anilines is 3. The number of hydrogen-bond donors (Lipinski definition) is 2. The van der Waals surface area contributed by atoms with Crippen molar-refractivity contribution in [3.05, 3.63) is 70.5 Å². The van der Waals surface area contributed by atoms with Gasteiger partial charge >= 0.3 is 24.4 Å². The first-order valence-electron chi connectivity index (χ1n) is 16.5. The summed E-state index contributed by atoms with van der Waals surface area (Å²) in [6.07, 6.45) is -8.87. The molecule has 2 aliphatic rings. The van der Waals surface area contributed by atoms with E-state index in [2.05, 4.69) is 15.3 Å². The van der Waals surface area contributed by atoms with Crippen molar-refractivity contribution in [1.29, 1.82) is 0 Å². The first kappa shape index (κ1) is 38.4. The van der Waals surface area contributed by atoms with Crippen LogP contribution in [0.3, 0.4) is 0 Å². The van der Waals surface area contributed by atoms with Gasteiger partial charge in [0.25, 0.3) is 0 Å². The molecule has 3 aromatic rings. The minimum atomic E-state index is -5.01. The topological polar surface area (TPSA) is 126 Å². The number of benzene rings is 2. The molecule has 17 heteroatoms. The molecule has 2 atom stereocenters. The van der Waals surface area contributed by atoms with Gasteiger partial charge in [-0.15, -0.1) is 0 Å². The van der Waals surface area contributed by atoms with Gasteiger partial charge in [0.1, 0.15) is 12.4 Å². The fourth-order valence-corrected chi connectivity index (χ4v) is 6.12. The molecule has 2 aliphatic heterocycles. The van der Waals surface area contributed by atoms with Crippen LogP contribution in [-0.2, 0) is 33.0 Å². The van der Waals surface area contributed by atoms with Crippen molar-refractivity contribution in [2.75, 3.05) is 55.1 Å². The third-order valence-electron chi connectivity index (χ3n) is 9.07. The minimum absolute atomic E-state index is 0.0582. The second-order valence-electron chi connectivity index (χ2n) is 13.2. The van der Waals surface area contributed by atoms with Crippen LogP contribution in [0.15, 0.2) is 42.6 Å². The highest BCUT2D eigenvalue weighted by molar-refractivity contribution is 5.91. The lowest BCUT2D eigenvalue weighted by Gasteiger charge is -2.40. The highest BCUT2D eigenvalue weighted by atomic mass is 19.4. The number of carboxylic acid groups (broad SMARTS) is 1. The van der Waals surface area contributed by atoms with Crippen molar-refractivity contribution in [3.63, 3.8) is 0 Å². The first-order chi connectivity index (χ1) is 24.4. The molecule has 0 aliphatic carbocycles. The van der Waals surface area contributed by atoms with E-state index >= 15 is 0 Å². The quantitative estimate of drug-likeness (QED) is 0.204. The minimum Gasteiger partial charge on any atom is -0.497 e. The number of halogens is 6. The molecule has 52 heavy (non-hydrogen) atoms. The Labute approximate surface area is 295 Å². The van der Waals surface area contributed by atoms with Gasteiger partial charge in [-0.05, 0) is 68.7 Å². The van der Waals surface area contributed by atoms with Gasteiger partial charge in [-0.25, -0.2) is 14.8 Å². The molecule has 2 aromatic carbocycles. The number of carbonyl (C=O) groups excluding carboxylic acids is 1. The van der Waals surface area contributed by atoms with Gasteiger partial charge in [0.15, 0.2) is 0 Å². The van der Waals surface area contributed by atoms with Gasteiger partial charge in [-0.2, -0.15) is 26.3 Å². The van der Waals surface area contributed by atoms with E-state index in [-0.39, 0.29) is 36.3 Å². The predicted molar refractivity (Wildman–Crippen MR) is 178 cm³/mol. The van der Waals surface area contributed by atoms with E-state index in [0.29, 0.717) is 74.0 Å². The molecule has 282 valence electrons. The molecule has 1 saturated heterocycles. The Morgan fingerprint density at radius 1 is 1.00 bits per heavy atom. The van der Waals surface area contributed by atoms with Crippen molar-refractivity contribution in [2.45, 2.75) is 64.5 Å². The molecule has 0 spiro atoms. The van der Waals surface area contributed by atoms with Crippen LogP contribution < -0.4 is 19.9 Å². The molecule has 0 saturated carbocycles. The number of aromatic nitrogens is 2. The van der Waals surface area contributed by atoms with E-state index in [4.69, 9.17) is 14.2 Å². The molecule has 3 heterocycles. The van der Waals surface area contributed by atoms with Crippen LogP contribution in [0.5, 0.6) is 5.75 Å². The zero-order valence-corrected chi connectivity index (χ0v) is 28.9. The number of aliphatic carboxylic acids is 1. The van der Waals surface area contributed by atoms with Gasteiger partial charge in [-0.3, -0.25) is 9.69 Å². The number of nitrogens with one attached hydrogen (secondary N) is 1. The molecule has 2 N–H and O–H groups in total. The molecule has 0 unspecified atom stereocenters. The summed E-state index contributed by atoms with van der Waals surface area (Å²) in [6.45, 7) is 5.90. The van der Waals surface area contributed by atoms with Crippen molar-refractivity contribution in [1.82, 2.24) is 9.97 Å². The summed E-state index contributed by atoms with van der Waals surface area (Å²) in [4.78, 5) is 37.6. The highest BCUT2D eigenvalue weighted by Crippen LogP contribution is 2.42. The maximum absolute atomic E-state index is 13.7. The number of methoxy groups -OCH3 is 1. The van der Waals surface area contributed by atoms with Crippen LogP contribution >= 0.6 is 0 Å². The average molecular weight is 740 g/mol. The average Bonchev–Trinajstić information content (AvgIpc) is 3.09. The number of ether oxygens (including phenoxy) is 3. The molecule has 5 rings (SSSR count). The summed E-state index contributed by atoms with van der Waals surface area (Å²) in [5.41, 5.74) is -2.72. The van der Waals surface area contributed by atoms with Gasteiger partial charge in [0.2, 0.25) is 5.95 Å². The van der Waals surface area contributed by atoms with E-state index in [1.165, 1.54) is 32.1 Å². The van der Waals surface area contributed by atoms with Crippen LogP contribution in [0, 0.1) is 5.41 Å². The van der Waals surface area contributed by atoms with Gasteiger partial charge in [-0.1, -0.05) is 6.92 Å². The van der Waals surface area contributed by atoms with Gasteiger partial charge in [0, 0.05) is 31.1 Å². The molecule has 1 aromatic heterocycles. The molecule has 11 nitrogen and oxygen atoms in total. The summed E-state index contributed by atoms with van der Waals surface area (Å²) in [7, 11) is 1.47. The molecule has 0 bridgehead atoms. The first-order valence-corrected chi connectivity index (χ1v) is 16.5. The van der Waals surface area contributed by atoms with Gasteiger partial charge < -0.3 is 29.5 Å². The van der Waals surface area contributed by atoms with Crippen molar-refractivity contribution in [3.8, 4) is 5.75 Å². The number of amides is 1. The zero-order valence-electron chi connectivity index (χ0n) is 28.9. The summed E-state index contributed by atoms with van der Waals surface area (Å²) in [5.74, 6) is -0.605. The fourth-order valence-electron chi connectivity index (χ4n) is 6.12. The number of carboxylic acids is 1. The monoisotopic (exact) mass is 739 g/mol. The van der Waals surface area contributed by atoms with Crippen molar-refractivity contribution >= 4 is 29.4 Å². The zero-order chi connectivity index (χ0) is 38.0. The predicted octanol–water partition coefficient (Wildman–Crippen LogP) is 7.34. The lowest BCUT2D eigenvalue weighted by Crippen LogP contribution is -2.47. The normalized spacial score (nSPS) is 18.1. The Kier molecular flexibility index (Phi) is 11.1. The number of alkyl halides is 6. The summed E-state index contributed by atoms with van der Waals surface area (Å²) >= 11 is 0. The summed E-state index contributed by atoms with van der Waals surface area (Å²) in [5, 5.41) is 12.8. The third kappa shape index (κ3) is 8.62. The van der Waals surface area contributed by atoms with Crippen LogP contribution in [0.2, 0.25) is 0 Å². The van der Waals surface area contributed by atoms with Crippen LogP contribution in [0.4, 0.5) is 48.5 Å². The van der Waals surface area contributed by atoms with Gasteiger partial charge in [0.05, 0.1) is 66.2 Å². The van der Waals surface area contributed by atoms with E-state index in [9.17, 15) is 41.0 Å². The number of fused-ring (bicyclic) bond motifs is 1. The number of morpholine rings is 1. The molecular formula is C35H39F6N5O6. The van der Waals surface area contributed by atoms with Crippen molar-refractivity contribution in [2.24, 2.45) is 5.41 Å². The Morgan fingerprint density at radius 3 is 2.23 bits per heavy atom. The molecule has 1 amide bonds. The Hall–Kier alpha value is -4.80. The van der Waals surface area contributed by atoms with E-state index < -0.39 is 53.0 Å². The largest absolute Gasteiger partial charge is 0.497 e. The van der Waals surface area contributed by atoms with Crippen LogP contribution in [0.1, 0.15) is 67.6 Å². The van der Waals surface area contributed by atoms with E-state index in [1.54, 1.807) is 18.2 Å². The Morgan fingerprint density at radius 2 is 1.65 bits per heavy atom. The smallest absolute Gasteiger partial charge is 0.416 e. The highest BCUT2D eigenvalue weighted by Gasteiger charge is 2.39. The number of hydrogen-bond acceptors (Lipinski definition) is 9. The van der Waals surface area contributed by atoms with Crippen LogP contribution in [0.25, 0.3) is 0 Å². The Bertz CT molecular complexity index is 1750. The molecular weight excluding hydrogens is 700 g/mol. The second-order valence-corrected chi connectivity index (χ2v) is 13.2. The maximum atomic E-state index is 13.7. The van der Waals surface area contributed by atoms with E-state index in [1.807, 2.05) is 11.8 Å².